The van der Waals surface area contributed by atoms with Crippen molar-refractivity contribution in [1.82, 2.24) is 4.57 Å². The third-order valence-corrected chi connectivity index (χ3v) is 3.19. The van der Waals surface area contributed by atoms with Crippen molar-refractivity contribution in [3.05, 3.63) is 56.4 Å². The van der Waals surface area contributed by atoms with E-state index in [2.05, 4.69) is 21.2 Å². The van der Waals surface area contributed by atoms with Gasteiger partial charge in [-0.3, -0.25) is 4.79 Å². The summed E-state index contributed by atoms with van der Waals surface area (Å²) in [6, 6.07) is 4.35. The van der Waals surface area contributed by atoms with Gasteiger partial charge in [0.05, 0.1) is 11.4 Å². The molecule has 0 unspecified atom stereocenters. The van der Waals surface area contributed by atoms with Crippen molar-refractivity contribution in [3.8, 4) is 0 Å². The summed E-state index contributed by atoms with van der Waals surface area (Å²) >= 11 is 3.14. The van der Waals surface area contributed by atoms with Crippen LogP contribution in [0.15, 0.2) is 33.7 Å². The van der Waals surface area contributed by atoms with Gasteiger partial charge in [-0.2, -0.15) is 4.39 Å². The van der Waals surface area contributed by atoms with Crippen molar-refractivity contribution in [2.24, 2.45) is 7.05 Å². The van der Waals surface area contributed by atoms with Crippen LogP contribution in [-0.4, -0.2) is 4.57 Å². The van der Waals surface area contributed by atoms with E-state index in [1.807, 2.05) is 0 Å². The molecule has 0 fully saturated rings. The van der Waals surface area contributed by atoms with Crippen molar-refractivity contribution < 1.29 is 8.78 Å². The molecular weight excluding hydrogens is 318 g/mol. The van der Waals surface area contributed by atoms with Gasteiger partial charge in [0.15, 0.2) is 0 Å². The molecule has 0 saturated carbocycles. The summed E-state index contributed by atoms with van der Waals surface area (Å²) in [4.78, 5) is 11.5. The number of hydrogen-bond donors (Lipinski definition) is 1. The quantitative estimate of drug-likeness (QED) is 0.915. The Balaban J connectivity index is 2.50. The first kappa shape index (κ1) is 13.7. The van der Waals surface area contributed by atoms with E-state index in [9.17, 15) is 13.6 Å². The van der Waals surface area contributed by atoms with Crippen LogP contribution in [0.5, 0.6) is 0 Å². The monoisotopic (exact) mass is 328 g/mol. The van der Waals surface area contributed by atoms with Gasteiger partial charge in [0.1, 0.15) is 5.82 Å². The number of nitrogens with zero attached hydrogens (tertiary/aromatic N) is 1. The Morgan fingerprint density at radius 2 is 2.00 bits per heavy atom. The molecule has 2 rings (SSSR count). The fourth-order valence-corrected chi connectivity index (χ4v) is 2.06. The van der Waals surface area contributed by atoms with Gasteiger partial charge in [-0.15, -0.1) is 0 Å². The Hall–Kier alpha value is -1.69. The number of hydrogen-bond acceptors (Lipinski definition) is 2. The molecule has 0 aliphatic carbocycles. The summed E-state index contributed by atoms with van der Waals surface area (Å²) in [5.41, 5.74) is -0.143. The van der Waals surface area contributed by atoms with Gasteiger partial charge < -0.3 is 9.88 Å². The van der Waals surface area contributed by atoms with E-state index in [0.29, 0.717) is 10.0 Å². The number of rotatable bonds is 2. The van der Waals surface area contributed by atoms with Crippen LogP contribution in [0.3, 0.4) is 0 Å². The van der Waals surface area contributed by atoms with E-state index in [1.165, 1.54) is 25.4 Å². The number of halogens is 3. The smallest absolute Gasteiger partial charge is 0.288 e. The number of nitrogens with one attached hydrogen (secondary N) is 1. The summed E-state index contributed by atoms with van der Waals surface area (Å²) in [7, 11) is 1.46. The maximum atomic E-state index is 13.9. The molecule has 1 aromatic carbocycles. The summed E-state index contributed by atoms with van der Waals surface area (Å²) < 4.78 is 29.3. The predicted octanol–water partition coefficient (Wildman–Crippen LogP) is 3.48. The van der Waals surface area contributed by atoms with E-state index in [1.54, 1.807) is 13.0 Å². The van der Waals surface area contributed by atoms with E-state index < -0.39 is 17.2 Å². The zero-order chi connectivity index (χ0) is 14.2. The average Bonchev–Trinajstić information content (AvgIpc) is 2.34. The topological polar surface area (TPSA) is 34.0 Å². The molecule has 1 N–H and O–H groups in total. The highest BCUT2D eigenvalue weighted by Crippen LogP contribution is 2.25. The van der Waals surface area contributed by atoms with Crippen molar-refractivity contribution in [2.75, 3.05) is 5.32 Å². The Morgan fingerprint density at radius 3 is 2.63 bits per heavy atom. The SMILES string of the molecule is Cc1cn(C)c(=O)c(F)c1Nc1ccc(Br)cc1F. The maximum absolute atomic E-state index is 13.9. The van der Waals surface area contributed by atoms with Crippen LogP contribution >= 0.6 is 15.9 Å². The third-order valence-electron chi connectivity index (χ3n) is 2.70. The first-order chi connectivity index (χ1) is 8.90. The number of pyridine rings is 1. The third kappa shape index (κ3) is 2.68. The minimum absolute atomic E-state index is 0.00989. The van der Waals surface area contributed by atoms with Crippen LogP contribution in [0.4, 0.5) is 20.2 Å². The number of aryl methyl sites for hydroxylation is 2. The van der Waals surface area contributed by atoms with Crippen molar-refractivity contribution >= 4 is 27.3 Å². The second kappa shape index (κ2) is 5.13. The molecule has 0 aliphatic heterocycles. The molecule has 0 spiro atoms. The molecule has 3 nitrogen and oxygen atoms in total. The lowest BCUT2D eigenvalue weighted by Gasteiger charge is -2.12. The van der Waals surface area contributed by atoms with Crippen LogP contribution in [0.1, 0.15) is 5.56 Å². The predicted molar refractivity (Wildman–Crippen MR) is 73.8 cm³/mol. The molecule has 19 heavy (non-hydrogen) atoms. The van der Waals surface area contributed by atoms with Crippen LogP contribution < -0.4 is 10.9 Å². The normalized spacial score (nSPS) is 10.6. The van der Waals surface area contributed by atoms with Gasteiger partial charge in [-0.1, -0.05) is 15.9 Å². The van der Waals surface area contributed by atoms with Gasteiger partial charge in [0.2, 0.25) is 5.82 Å². The summed E-state index contributed by atoms with van der Waals surface area (Å²) in [5, 5.41) is 2.62. The minimum atomic E-state index is -0.926. The molecule has 0 bridgehead atoms. The molecule has 1 heterocycles. The lowest BCUT2D eigenvalue weighted by Crippen LogP contribution is -2.22. The standard InChI is InChI=1S/C13H11BrF2N2O/c1-7-6-18(2)13(19)11(16)12(7)17-10-4-3-8(14)5-9(10)15/h3-6,17H,1-2H3. The Labute approximate surface area is 117 Å². The fourth-order valence-electron chi connectivity index (χ4n) is 1.73. The molecule has 0 amide bonds. The van der Waals surface area contributed by atoms with Crippen LogP contribution in [-0.2, 0) is 7.05 Å². The second-order valence-electron chi connectivity index (χ2n) is 4.17. The molecule has 0 radical (unpaired) electrons. The lowest BCUT2D eigenvalue weighted by atomic mass is 10.2. The molecule has 2 aromatic rings. The first-order valence-corrected chi connectivity index (χ1v) is 6.27. The molecule has 0 atom stereocenters. The fraction of sp³-hybridized carbons (Fsp3) is 0.154. The molecule has 1 aromatic heterocycles. The van der Waals surface area contributed by atoms with Gasteiger partial charge in [0.25, 0.3) is 5.56 Å². The zero-order valence-corrected chi connectivity index (χ0v) is 11.9. The Bertz CT molecular complexity index is 698. The molecular formula is C13H11BrF2N2O. The van der Waals surface area contributed by atoms with Gasteiger partial charge >= 0.3 is 0 Å². The van der Waals surface area contributed by atoms with Gasteiger partial charge in [0, 0.05) is 17.7 Å². The molecule has 100 valence electrons. The van der Waals surface area contributed by atoms with Crippen molar-refractivity contribution in [3.63, 3.8) is 0 Å². The van der Waals surface area contributed by atoms with Crippen LogP contribution in [0.2, 0.25) is 0 Å². The highest BCUT2D eigenvalue weighted by molar-refractivity contribution is 9.10. The van der Waals surface area contributed by atoms with E-state index in [4.69, 9.17) is 0 Å². The van der Waals surface area contributed by atoms with E-state index >= 15 is 0 Å². The molecule has 6 heteroatoms. The largest absolute Gasteiger partial charge is 0.350 e. The van der Waals surface area contributed by atoms with E-state index in [-0.39, 0.29) is 11.4 Å². The van der Waals surface area contributed by atoms with Gasteiger partial charge in [-0.05, 0) is 30.7 Å². The Morgan fingerprint density at radius 1 is 1.32 bits per heavy atom. The first-order valence-electron chi connectivity index (χ1n) is 5.48. The second-order valence-corrected chi connectivity index (χ2v) is 5.08. The van der Waals surface area contributed by atoms with Gasteiger partial charge in [-0.25, -0.2) is 4.39 Å². The van der Waals surface area contributed by atoms with Crippen LogP contribution in [0, 0.1) is 18.6 Å². The molecule has 0 saturated heterocycles. The summed E-state index contributed by atoms with van der Waals surface area (Å²) in [6.07, 6.45) is 1.49. The van der Waals surface area contributed by atoms with Crippen LogP contribution in [0.25, 0.3) is 0 Å². The van der Waals surface area contributed by atoms with Crippen molar-refractivity contribution in [2.45, 2.75) is 6.92 Å². The summed E-state index contributed by atoms with van der Waals surface area (Å²) in [5.74, 6) is -1.46. The highest BCUT2D eigenvalue weighted by Gasteiger charge is 2.13. The highest BCUT2D eigenvalue weighted by atomic mass is 79.9. The maximum Gasteiger partial charge on any atom is 0.288 e. The van der Waals surface area contributed by atoms with Crippen molar-refractivity contribution in [1.29, 1.82) is 0 Å². The van der Waals surface area contributed by atoms with E-state index in [0.717, 1.165) is 4.57 Å². The average molecular weight is 329 g/mol. The number of benzene rings is 1. The molecule has 0 aliphatic rings. The lowest BCUT2D eigenvalue weighted by molar-refractivity contribution is 0.592. The minimum Gasteiger partial charge on any atom is -0.350 e. The summed E-state index contributed by atoms with van der Waals surface area (Å²) in [6.45, 7) is 1.64. The number of anilines is 2. The Kier molecular flexibility index (Phi) is 3.71. The number of aromatic nitrogens is 1. The zero-order valence-electron chi connectivity index (χ0n) is 10.3.